The smallest absolute Gasteiger partial charge is 0.257 e. The summed E-state index contributed by atoms with van der Waals surface area (Å²) in [7, 11) is -3.73. The lowest BCUT2D eigenvalue weighted by Crippen LogP contribution is -2.49. The lowest BCUT2D eigenvalue weighted by atomic mass is 10.1. The van der Waals surface area contributed by atoms with Crippen LogP contribution in [0.25, 0.3) is 11.1 Å². The Kier molecular flexibility index (Phi) is 6.33. The molecule has 3 aromatic rings. The average Bonchev–Trinajstić information content (AvgIpc) is 3.33. The molecule has 0 aliphatic carbocycles. The van der Waals surface area contributed by atoms with E-state index in [-0.39, 0.29) is 35.1 Å². The number of thioether (sulfide) groups is 1. The molecule has 9 heteroatoms. The van der Waals surface area contributed by atoms with Crippen LogP contribution in [0.5, 0.6) is 0 Å². The molecule has 1 fully saturated rings. The number of hydrogen-bond donors (Lipinski definition) is 0. The molecule has 1 aliphatic rings. The highest BCUT2D eigenvalue weighted by atomic mass is 32.2. The van der Waals surface area contributed by atoms with E-state index in [0.29, 0.717) is 10.8 Å². The van der Waals surface area contributed by atoms with Crippen LogP contribution in [0, 0.1) is 12.8 Å². The van der Waals surface area contributed by atoms with E-state index in [2.05, 4.69) is 4.98 Å². The van der Waals surface area contributed by atoms with Crippen molar-refractivity contribution in [3.05, 3.63) is 54.1 Å². The SMILES string of the molecule is Cc1ccc(S(=O)(=O)N2C[C@@H](C)N(C(=O)CSc3nc4ccccc4o3)[C@H]2C(C)C)cc1. The molecule has 1 aliphatic heterocycles. The summed E-state index contributed by atoms with van der Waals surface area (Å²) in [4.78, 5) is 19.6. The van der Waals surface area contributed by atoms with Gasteiger partial charge in [-0.05, 0) is 44.0 Å². The number of carbonyl (C=O) groups excluding carboxylic acids is 1. The minimum absolute atomic E-state index is 0.0709. The molecule has 1 aromatic heterocycles. The molecule has 0 unspecified atom stereocenters. The number of aryl methyl sites for hydroxylation is 1. The van der Waals surface area contributed by atoms with E-state index in [4.69, 9.17) is 4.42 Å². The van der Waals surface area contributed by atoms with Gasteiger partial charge in [0.15, 0.2) is 5.58 Å². The number of sulfonamides is 1. The van der Waals surface area contributed by atoms with Gasteiger partial charge in [-0.2, -0.15) is 4.31 Å². The monoisotopic (exact) mass is 473 g/mol. The summed E-state index contributed by atoms with van der Waals surface area (Å²) in [5, 5.41) is 0.427. The summed E-state index contributed by atoms with van der Waals surface area (Å²) in [6.45, 7) is 7.95. The first kappa shape index (κ1) is 22.8. The van der Waals surface area contributed by atoms with E-state index in [1.165, 1.54) is 16.1 Å². The van der Waals surface area contributed by atoms with Crippen molar-refractivity contribution in [3.63, 3.8) is 0 Å². The number of fused-ring (bicyclic) bond motifs is 1. The lowest BCUT2D eigenvalue weighted by Gasteiger charge is -2.33. The first-order valence-corrected chi connectivity index (χ1v) is 13.0. The third-order valence-corrected chi connectivity index (χ3v) is 8.27. The minimum atomic E-state index is -3.73. The molecule has 0 N–H and O–H groups in total. The van der Waals surface area contributed by atoms with Crippen molar-refractivity contribution in [1.29, 1.82) is 0 Å². The fraction of sp³-hybridized carbons (Fsp3) is 0.391. The van der Waals surface area contributed by atoms with Gasteiger partial charge >= 0.3 is 0 Å². The Morgan fingerprint density at radius 1 is 1.19 bits per heavy atom. The maximum Gasteiger partial charge on any atom is 0.257 e. The zero-order valence-corrected chi connectivity index (χ0v) is 20.2. The van der Waals surface area contributed by atoms with Gasteiger partial charge in [-0.15, -0.1) is 0 Å². The van der Waals surface area contributed by atoms with Gasteiger partial charge in [0.2, 0.25) is 15.9 Å². The second-order valence-electron chi connectivity index (χ2n) is 8.43. The molecule has 1 saturated heterocycles. The number of para-hydroxylation sites is 2. The van der Waals surface area contributed by atoms with Gasteiger partial charge in [-0.25, -0.2) is 13.4 Å². The van der Waals surface area contributed by atoms with Gasteiger partial charge < -0.3 is 9.32 Å². The van der Waals surface area contributed by atoms with E-state index in [1.54, 1.807) is 29.2 Å². The van der Waals surface area contributed by atoms with Crippen LogP contribution in [0.2, 0.25) is 0 Å². The number of benzene rings is 2. The van der Waals surface area contributed by atoms with Crippen LogP contribution in [0.1, 0.15) is 26.3 Å². The molecule has 0 bridgehead atoms. The highest BCUT2D eigenvalue weighted by Gasteiger charge is 2.47. The Morgan fingerprint density at radius 2 is 1.88 bits per heavy atom. The van der Waals surface area contributed by atoms with Gasteiger partial charge in [0.25, 0.3) is 5.22 Å². The van der Waals surface area contributed by atoms with Gasteiger partial charge in [0, 0.05) is 12.6 Å². The zero-order valence-electron chi connectivity index (χ0n) is 18.6. The molecular formula is C23H27N3O4S2. The van der Waals surface area contributed by atoms with E-state index < -0.39 is 16.2 Å². The van der Waals surface area contributed by atoms with Gasteiger partial charge in [-0.3, -0.25) is 4.79 Å². The van der Waals surface area contributed by atoms with Crippen LogP contribution < -0.4 is 0 Å². The molecule has 2 heterocycles. The number of hydrogen-bond acceptors (Lipinski definition) is 6. The number of oxazole rings is 1. The Morgan fingerprint density at radius 3 is 2.53 bits per heavy atom. The Labute approximate surface area is 192 Å². The van der Waals surface area contributed by atoms with Crippen molar-refractivity contribution >= 4 is 38.8 Å². The molecule has 2 atom stereocenters. The van der Waals surface area contributed by atoms with Crippen LogP contribution in [-0.2, 0) is 14.8 Å². The van der Waals surface area contributed by atoms with Crippen molar-refractivity contribution in [1.82, 2.24) is 14.2 Å². The standard InChI is InChI=1S/C23H27N3O4S2/c1-15(2)22-25(32(28,29)18-11-9-16(3)10-12-18)13-17(4)26(22)21(27)14-31-23-24-19-7-5-6-8-20(19)30-23/h5-12,15,17,22H,13-14H2,1-4H3/t17-,22+/m1/s1. The Hall–Kier alpha value is -2.36. The van der Waals surface area contributed by atoms with Gasteiger partial charge in [-0.1, -0.05) is 55.4 Å². The zero-order chi connectivity index (χ0) is 23.0. The molecule has 0 saturated carbocycles. The summed E-state index contributed by atoms with van der Waals surface area (Å²) in [6, 6.07) is 14.0. The predicted molar refractivity (Wildman–Crippen MR) is 125 cm³/mol. The van der Waals surface area contributed by atoms with Crippen LogP contribution in [0.15, 0.2) is 63.1 Å². The maximum atomic E-state index is 13.4. The molecule has 4 rings (SSSR count). The van der Waals surface area contributed by atoms with Gasteiger partial charge in [0.05, 0.1) is 10.6 Å². The number of rotatable bonds is 6. The fourth-order valence-corrected chi connectivity index (χ4v) is 6.60. The largest absolute Gasteiger partial charge is 0.431 e. The van der Waals surface area contributed by atoms with Crippen molar-refractivity contribution < 1.29 is 17.6 Å². The molecular weight excluding hydrogens is 446 g/mol. The second-order valence-corrected chi connectivity index (χ2v) is 11.2. The Bertz CT molecular complexity index is 1190. The molecule has 1 amide bonds. The van der Waals surface area contributed by atoms with E-state index in [1.807, 2.05) is 52.0 Å². The summed E-state index contributed by atoms with van der Waals surface area (Å²) >= 11 is 1.23. The molecule has 32 heavy (non-hydrogen) atoms. The molecule has 170 valence electrons. The number of nitrogens with zero attached hydrogens (tertiary/aromatic N) is 3. The van der Waals surface area contributed by atoms with Crippen LogP contribution in [0.3, 0.4) is 0 Å². The maximum absolute atomic E-state index is 13.4. The first-order valence-electron chi connectivity index (χ1n) is 10.6. The highest BCUT2D eigenvalue weighted by molar-refractivity contribution is 7.99. The quantitative estimate of drug-likeness (QED) is 0.501. The average molecular weight is 474 g/mol. The summed E-state index contributed by atoms with van der Waals surface area (Å²) < 4.78 is 34.0. The summed E-state index contributed by atoms with van der Waals surface area (Å²) in [5.74, 6) is -0.0813. The van der Waals surface area contributed by atoms with Crippen molar-refractivity contribution in [3.8, 4) is 0 Å². The van der Waals surface area contributed by atoms with E-state index in [0.717, 1.165) is 11.1 Å². The third-order valence-electron chi connectivity index (χ3n) is 5.60. The molecule has 7 nitrogen and oxygen atoms in total. The number of amides is 1. The topological polar surface area (TPSA) is 83.7 Å². The van der Waals surface area contributed by atoms with E-state index in [9.17, 15) is 13.2 Å². The van der Waals surface area contributed by atoms with Crippen molar-refractivity contribution in [2.24, 2.45) is 5.92 Å². The van der Waals surface area contributed by atoms with Crippen LogP contribution in [-0.4, -0.2) is 53.0 Å². The van der Waals surface area contributed by atoms with Crippen molar-refractivity contribution in [2.75, 3.05) is 12.3 Å². The highest BCUT2D eigenvalue weighted by Crippen LogP contribution is 2.33. The first-order chi connectivity index (χ1) is 15.2. The molecule has 0 spiro atoms. The molecule has 2 aromatic carbocycles. The van der Waals surface area contributed by atoms with Crippen molar-refractivity contribution in [2.45, 2.75) is 50.0 Å². The molecule has 0 radical (unpaired) electrons. The minimum Gasteiger partial charge on any atom is -0.431 e. The van der Waals surface area contributed by atoms with Gasteiger partial charge in [0.1, 0.15) is 11.7 Å². The van der Waals surface area contributed by atoms with Crippen LogP contribution in [0.4, 0.5) is 0 Å². The second kappa shape index (κ2) is 8.88. The number of aromatic nitrogens is 1. The van der Waals surface area contributed by atoms with Crippen LogP contribution >= 0.6 is 11.8 Å². The summed E-state index contributed by atoms with van der Waals surface area (Å²) in [6.07, 6.45) is -0.548. The summed E-state index contributed by atoms with van der Waals surface area (Å²) in [5.41, 5.74) is 2.41. The fourth-order valence-electron chi connectivity index (χ4n) is 4.10. The Balaban J connectivity index is 1.54. The third kappa shape index (κ3) is 4.29. The number of carbonyl (C=O) groups is 1. The van der Waals surface area contributed by atoms with E-state index >= 15 is 0 Å². The normalized spacial score (nSPS) is 19.8. The lowest BCUT2D eigenvalue weighted by molar-refractivity contribution is -0.132. The predicted octanol–water partition coefficient (Wildman–Crippen LogP) is 4.13.